The Hall–Kier alpha value is -2.09. The van der Waals surface area contributed by atoms with Crippen LogP contribution in [0.25, 0.3) is 0 Å². The SMILES string of the molecule is C=C1C=CC(=O)N1C(CNCC(=O)O)C(=O)NCCC(=O)NC(C=O)[CH2][Pb]. The number of rotatable bonds is 12. The molecule has 145 valence electrons. The number of aliphatic carboxylic acids is 1. The van der Waals surface area contributed by atoms with Gasteiger partial charge in [0.2, 0.25) is 0 Å². The Kier molecular flexibility index (Phi) is 9.85. The van der Waals surface area contributed by atoms with E-state index in [1.165, 1.54) is 12.2 Å². The van der Waals surface area contributed by atoms with E-state index in [1.807, 2.05) is 0 Å². The van der Waals surface area contributed by atoms with Crippen molar-refractivity contribution in [2.75, 3.05) is 19.6 Å². The molecule has 1 heterocycles. The van der Waals surface area contributed by atoms with Crippen molar-refractivity contribution in [3.05, 3.63) is 24.4 Å². The van der Waals surface area contributed by atoms with E-state index in [1.54, 1.807) is 0 Å². The van der Waals surface area contributed by atoms with Crippen molar-refractivity contribution in [3.63, 3.8) is 0 Å². The van der Waals surface area contributed by atoms with Crippen LogP contribution in [0.15, 0.2) is 24.4 Å². The Morgan fingerprint density at radius 1 is 1.33 bits per heavy atom. The van der Waals surface area contributed by atoms with Crippen LogP contribution in [0, 0.1) is 0 Å². The number of nitrogens with one attached hydrogen (secondary N) is 3. The van der Waals surface area contributed by atoms with E-state index in [0.29, 0.717) is 16.0 Å². The summed E-state index contributed by atoms with van der Waals surface area (Å²) in [6.45, 7) is 3.24. The van der Waals surface area contributed by atoms with Crippen LogP contribution in [0.2, 0.25) is 3.98 Å². The molecule has 11 heteroatoms. The van der Waals surface area contributed by atoms with Gasteiger partial charge in [-0.1, -0.05) is 0 Å². The summed E-state index contributed by atoms with van der Waals surface area (Å²) in [5.41, 5.74) is 0.316. The molecular formula is C16H21N4O6Pb. The van der Waals surface area contributed by atoms with Crippen LogP contribution >= 0.6 is 0 Å². The summed E-state index contributed by atoms with van der Waals surface area (Å²) in [4.78, 5) is 58.7. The molecule has 0 bridgehead atoms. The van der Waals surface area contributed by atoms with E-state index in [0.717, 1.165) is 30.7 Å². The molecule has 0 saturated carbocycles. The zero-order valence-electron chi connectivity index (χ0n) is 14.6. The fourth-order valence-electron chi connectivity index (χ4n) is 2.27. The van der Waals surface area contributed by atoms with Crippen LogP contribution in [-0.2, 0) is 24.0 Å². The summed E-state index contributed by atoms with van der Waals surface area (Å²) in [6, 6.07) is -1.52. The second-order valence-corrected chi connectivity index (χ2v) is 7.22. The zero-order chi connectivity index (χ0) is 20.4. The van der Waals surface area contributed by atoms with Crippen molar-refractivity contribution in [2.45, 2.75) is 22.5 Å². The molecule has 0 aromatic rings. The van der Waals surface area contributed by atoms with Gasteiger partial charge in [0.1, 0.15) is 0 Å². The van der Waals surface area contributed by atoms with E-state index in [4.69, 9.17) is 5.11 Å². The molecule has 2 atom stereocenters. The van der Waals surface area contributed by atoms with Crippen molar-refractivity contribution >= 4 is 55.7 Å². The van der Waals surface area contributed by atoms with E-state index >= 15 is 0 Å². The molecule has 1 rings (SSSR count). The van der Waals surface area contributed by atoms with E-state index in [2.05, 4.69) is 22.5 Å². The molecule has 0 spiro atoms. The van der Waals surface area contributed by atoms with Gasteiger partial charge in [-0.05, 0) is 0 Å². The zero-order valence-corrected chi connectivity index (χ0v) is 18.5. The van der Waals surface area contributed by atoms with Crippen molar-refractivity contribution in [1.82, 2.24) is 20.9 Å². The van der Waals surface area contributed by atoms with E-state index in [9.17, 15) is 24.0 Å². The number of hydrogen-bond donors (Lipinski definition) is 4. The summed E-state index contributed by atoms with van der Waals surface area (Å²) in [5, 5.41) is 16.4. The van der Waals surface area contributed by atoms with Crippen molar-refractivity contribution in [2.24, 2.45) is 0 Å². The molecule has 1 aliphatic rings. The van der Waals surface area contributed by atoms with Gasteiger partial charge in [0, 0.05) is 0 Å². The summed E-state index contributed by atoms with van der Waals surface area (Å²) in [6.07, 6.45) is 3.37. The number of allylic oxidation sites excluding steroid dienone is 1. The van der Waals surface area contributed by atoms with Gasteiger partial charge < -0.3 is 5.11 Å². The maximum absolute atomic E-state index is 12.5. The first kappa shape index (κ1) is 23.0. The fourth-order valence-corrected chi connectivity index (χ4v) is 3.04. The Morgan fingerprint density at radius 2 is 2.04 bits per heavy atom. The van der Waals surface area contributed by atoms with Gasteiger partial charge in [0.05, 0.1) is 0 Å². The molecule has 3 radical (unpaired) electrons. The molecule has 3 amide bonds. The number of aldehydes is 1. The molecule has 0 aromatic heterocycles. The molecule has 0 aliphatic carbocycles. The van der Waals surface area contributed by atoms with E-state index < -0.39 is 29.9 Å². The molecule has 27 heavy (non-hydrogen) atoms. The number of amides is 3. The van der Waals surface area contributed by atoms with Crippen molar-refractivity contribution in [1.29, 1.82) is 0 Å². The predicted octanol–water partition coefficient (Wildman–Crippen LogP) is -2.28. The normalized spacial score (nSPS) is 15.4. The molecular weight excluding hydrogens is 551 g/mol. The van der Waals surface area contributed by atoms with Crippen LogP contribution in [0.4, 0.5) is 0 Å². The minimum absolute atomic E-state index is 0.00868. The third-order valence-corrected chi connectivity index (χ3v) is 5.29. The quantitative estimate of drug-likeness (QED) is 0.152. The van der Waals surface area contributed by atoms with Crippen LogP contribution in [-0.4, -0.2) is 97.5 Å². The van der Waals surface area contributed by atoms with Crippen molar-refractivity contribution < 1.29 is 29.1 Å². The van der Waals surface area contributed by atoms with Gasteiger partial charge in [-0.25, -0.2) is 0 Å². The second kappa shape index (κ2) is 11.6. The summed E-state index contributed by atoms with van der Waals surface area (Å²) < 4.78 is 0.602. The Labute approximate surface area is 172 Å². The Bertz CT molecular complexity index is 633. The third-order valence-electron chi connectivity index (χ3n) is 3.58. The molecule has 0 saturated heterocycles. The Morgan fingerprint density at radius 3 is 2.56 bits per heavy atom. The van der Waals surface area contributed by atoms with Crippen molar-refractivity contribution in [3.8, 4) is 0 Å². The molecule has 0 fully saturated rings. The fraction of sp³-hybridized carbons (Fsp3) is 0.438. The number of hydrogen-bond acceptors (Lipinski definition) is 6. The number of nitrogens with zero attached hydrogens (tertiary/aromatic N) is 1. The number of carbonyl (C=O) groups excluding carboxylic acids is 4. The third kappa shape index (κ3) is 7.58. The van der Waals surface area contributed by atoms with Crippen LogP contribution < -0.4 is 16.0 Å². The summed E-state index contributed by atoms with van der Waals surface area (Å²) in [7, 11) is 0. The topological polar surface area (TPSA) is 145 Å². The number of carbonyl (C=O) groups is 5. The maximum atomic E-state index is 12.5. The molecule has 1 aliphatic heterocycles. The first-order chi connectivity index (χ1) is 12.8. The van der Waals surface area contributed by atoms with Crippen LogP contribution in [0.3, 0.4) is 0 Å². The average molecular weight is 573 g/mol. The molecule has 2 unspecified atom stereocenters. The Balaban J connectivity index is 2.61. The van der Waals surface area contributed by atoms with Gasteiger partial charge in [-0.15, -0.1) is 0 Å². The standard InChI is InChI=1S/C16H21N4O6.Pb/c1-10(9-21)19-13(22)5-6-18-16(26)12(7-17-8-15(24)25)20-11(2)3-4-14(20)23;/h3-4,9-10,12,17H,1-2,5-8H2,(H,18,26)(H,19,22)(H,24,25);. The molecule has 0 aromatic carbocycles. The monoisotopic (exact) mass is 573 g/mol. The number of carboxylic acids is 1. The predicted molar refractivity (Wildman–Crippen MR) is 95.6 cm³/mol. The first-order valence-corrected chi connectivity index (χ1v) is 10.8. The van der Waals surface area contributed by atoms with Gasteiger partial charge in [0.25, 0.3) is 0 Å². The van der Waals surface area contributed by atoms with Gasteiger partial charge >= 0.3 is 162 Å². The first-order valence-electron chi connectivity index (χ1n) is 8.09. The van der Waals surface area contributed by atoms with Gasteiger partial charge in [-0.3, -0.25) is 4.79 Å². The van der Waals surface area contributed by atoms with Gasteiger partial charge in [-0.2, -0.15) is 0 Å². The van der Waals surface area contributed by atoms with Crippen LogP contribution in [0.5, 0.6) is 0 Å². The summed E-state index contributed by atoms with van der Waals surface area (Å²) in [5.74, 6) is -2.45. The molecule has 4 N–H and O–H groups in total. The minimum atomic E-state index is -1.10. The van der Waals surface area contributed by atoms with Gasteiger partial charge in [0.15, 0.2) is 0 Å². The van der Waals surface area contributed by atoms with Crippen LogP contribution in [0.1, 0.15) is 6.42 Å². The summed E-state index contributed by atoms with van der Waals surface area (Å²) >= 11 is 0.770. The van der Waals surface area contributed by atoms with E-state index in [-0.39, 0.29) is 32.0 Å². The number of carboxylic acid groups (broad SMARTS) is 1. The second-order valence-electron chi connectivity index (χ2n) is 5.63. The average Bonchev–Trinajstić information content (AvgIpc) is 2.95. The molecule has 10 nitrogen and oxygen atoms in total.